The predicted octanol–water partition coefficient (Wildman–Crippen LogP) is 2.12. The van der Waals surface area contributed by atoms with Crippen molar-refractivity contribution in [3.63, 3.8) is 0 Å². The number of hydrogen-bond acceptors (Lipinski definition) is 6. The summed E-state index contributed by atoms with van der Waals surface area (Å²) in [5, 5.41) is 4.02. The van der Waals surface area contributed by atoms with Crippen LogP contribution >= 0.6 is 11.5 Å². The smallest absolute Gasteiger partial charge is 0.227 e. The Bertz CT molecular complexity index is 854. The van der Waals surface area contributed by atoms with Gasteiger partial charge in [0.2, 0.25) is 4.80 Å². The third-order valence-electron chi connectivity index (χ3n) is 3.20. The van der Waals surface area contributed by atoms with E-state index >= 15 is 0 Å². The fourth-order valence-electron chi connectivity index (χ4n) is 2.00. The maximum absolute atomic E-state index is 12.2. The number of benzene rings is 2. The van der Waals surface area contributed by atoms with E-state index in [9.17, 15) is 4.79 Å². The molecular formula is C16H14N4O2S. The Balaban J connectivity index is 1.80. The zero-order valence-electron chi connectivity index (χ0n) is 12.4. The number of aromatic nitrogens is 3. The molecule has 0 atom stereocenters. The van der Waals surface area contributed by atoms with Crippen LogP contribution in [-0.4, -0.2) is 33.8 Å². The molecule has 1 aromatic heterocycles. The first-order valence-corrected chi connectivity index (χ1v) is 7.70. The van der Waals surface area contributed by atoms with E-state index in [1.165, 1.54) is 0 Å². The van der Waals surface area contributed by atoms with Gasteiger partial charge in [0.05, 0.1) is 12.8 Å². The minimum Gasteiger partial charge on any atom is -0.497 e. The second-order valence-corrected chi connectivity index (χ2v) is 5.37. The number of carbonyl (C=O) groups is 1. The molecule has 0 unspecified atom stereocenters. The summed E-state index contributed by atoms with van der Waals surface area (Å²) >= 11 is 1.15. The van der Waals surface area contributed by atoms with E-state index in [1.807, 2.05) is 30.3 Å². The molecule has 7 heteroatoms. The maximum Gasteiger partial charge on any atom is 0.227 e. The van der Waals surface area contributed by atoms with Crippen molar-refractivity contribution in [2.75, 3.05) is 13.7 Å². The minimum absolute atomic E-state index is 0.0447. The van der Waals surface area contributed by atoms with Crippen molar-refractivity contribution in [3.05, 3.63) is 65.0 Å². The van der Waals surface area contributed by atoms with Crippen LogP contribution in [-0.2, 0) is 0 Å². The molecule has 0 N–H and O–H groups in total. The Morgan fingerprint density at radius 1 is 1.17 bits per heavy atom. The van der Waals surface area contributed by atoms with E-state index in [0.29, 0.717) is 16.1 Å². The second kappa shape index (κ2) is 6.97. The zero-order chi connectivity index (χ0) is 16.1. The Morgan fingerprint density at radius 2 is 1.91 bits per heavy atom. The van der Waals surface area contributed by atoms with E-state index < -0.39 is 0 Å². The molecule has 0 fully saturated rings. The van der Waals surface area contributed by atoms with Crippen LogP contribution in [0, 0.1) is 0 Å². The summed E-state index contributed by atoms with van der Waals surface area (Å²) in [6.07, 6.45) is 0. The Hall–Kier alpha value is -2.80. The number of nitrogens with zero attached hydrogens (tertiary/aromatic N) is 4. The number of carbonyl (C=O) groups excluding carboxylic acids is 1. The van der Waals surface area contributed by atoms with Gasteiger partial charge in [-0.05, 0) is 41.6 Å². The van der Waals surface area contributed by atoms with Crippen LogP contribution in [0.25, 0.3) is 5.69 Å². The molecule has 0 saturated heterocycles. The van der Waals surface area contributed by atoms with Crippen molar-refractivity contribution in [2.24, 2.45) is 4.99 Å². The van der Waals surface area contributed by atoms with Crippen molar-refractivity contribution in [2.45, 2.75) is 0 Å². The van der Waals surface area contributed by atoms with E-state index in [0.717, 1.165) is 17.2 Å². The van der Waals surface area contributed by atoms with E-state index in [1.54, 1.807) is 36.1 Å². The third-order valence-corrected chi connectivity index (χ3v) is 3.82. The monoisotopic (exact) mass is 326 g/mol. The summed E-state index contributed by atoms with van der Waals surface area (Å²) < 4.78 is 10.6. The van der Waals surface area contributed by atoms with Gasteiger partial charge in [0, 0.05) is 17.1 Å². The third kappa shape index (κ3) is 3.51. The fraction of sp³-hybridized carbons (Fsp3) is 0.125. The number of methoxy groups -OCH3 is 1. The Kier molecular flexibility index (Phi) is 4.58. The highest BCUT2D eigenvalue weighted by Gasteiger charge is 2.06. The Morgan fingerprint density at radius 3 is 2.61 bits per heavy atom. The molecule has 0 spiro atoms. The summed E-state index contributed by atoms with van der Waals surface area (Å²) in [5.41, 5.74) is 1.45. The van der Waals surface area contributed by atoms with Gasteiger partial charge in [-0.25, -0.2) is 4.99 Å². The molecule has 0 aliphatic heterocycles. The molecule has 0 bridgehead atoms. The van der Waals surface area contributed by atoms with Gasteiger partial charge in [-0.15, -0.1) is 0 Å². The van der Waals surface area contributed by atoms with Gasteiger partial charge in [0.25, 0.3) is 0 Å². The molecule has 2 aromatic carbocycles. The van der Waals surface area contributed by atoms with Gasteiger partial charge in [-0.1, -0.05) is 22.7 Å². The average molecular weight is 326 g/mol. The zero-order valence-corrected chi connectivity index (χ0v) is 13.2. The summed E-state index contributed by atoms with van der Waals surface area (Å²) in [6.45, 7) is 0.0447. The average Bonchev–Trinajstić information content (AvgIpc) is 3.09. The molecule has 0 radical (unpaired) electrons. The summed E-state index contributed by atoms with van der Waals surface area (Å²) in [5.74, 6) is 0.646. The van der Waals surface area contributed by atoms with Crippen molar-refractivity contribution >= 4 is 17.3 Å². The number of ether oxygens (including phenoxy) is 1. The van der Waals surface area contributed by atoms with E-state index in [-0.39, 0.29) is 12.3 Å². The highest BCUT2D eigenvalue weighted by atomic mass is 32.1. The lowest BCUT2D eigenvalue weighted by Crippen LogP contribution is -2.16. The van der Waals surface area contributed by atoms with Gasteiger partial charge < -0.3 is 4.74 Å². The van der Waals surface area contributed by atoms with Crippen LogP contribution in [0.4, 0.5) is 0 Å². The Labute approximate surface area is 136 Å². The lowest BCUT2D eigenvalue weighted by atomic mass is 10.1. The first-order valence-electron chi connectivity index (χ1n) is 6.93. The van der Waals surface area contributed by atoms with Crippen LogP contribution in [0.1, 0.15) is 10.4 Å². The summed E-state index contributed by atoms with van der Waals surface area (Å²) in [6, 6.07) is 16.5. The SMILES string of the molecule is COc1ccc(C(=O)CN=c2snnn2-c2ccccc2)cc1. The van der Waals surface area contributed by atoms with Gasteiger partial charge >= 0.3 is 0 Å². The normalized spacial score (nSPS) is 11.4. The molecule has 1 heterocycles. The van der Waals surface area contributed by atoms with Crippen LogP contribution in [0.2, 0.25) is 0 Å². The molecule has 0 aliphatic rings. The highest BCUT2D eigenvalue weighted by Crippen LogP contribution is 2.11. The molecule has 116 valence electrons. The summed E-state index contributed by atoms with van der Waals surface area (Å²) in [7, 11) is 1.59. The molecule has 23 heavy (non-hydrogen) atoms. The topological polar surface area (TPSA) is 69.4 Å². The number of rotatable bonds is 5. The molecule has 0 saturated carbocycles. The van der Waals surface area contributed by atoms with Gasteiger partial charge in [-0.2, -0.15) is 4.68 Å². The first kappa shape index (κ1) is 15.1. The van der Waals surface area contributed by atoms with Crippen molar-refractivity contribution < 1.29 is 9.53 Å². The maximum atomic E-state index is 12.2. The number of hydrogen-bond donors (Lipinski definition) is 0. The second-order valence-electron chi connectivity index (χ2n) is 4.66. The van der Waals surface area contributed by atoms with Crippen LogP contribution < -0.4 is 9.54 Å². The van der Waals surface area contributed by atoms with Crippen molar-refractivity contribution in [1.29, 1.82) is 0 Å². The molecule has 0 amide bonds. The van der Waals surface area contributed by atoms with Gasteiger partial charge in [0.15, 0.2) is 5.78 Å². The van der Waals surface area contributed by atoms with E-state index in [4.69, 9.17) is 4.74 Å². The van der Waals surface area contributed by atoms with Crippen molar-refractivity contribution in [3.8, 4) is 11.4 Å². The molecule has 3 aromatic rings. The highest BCUT2D eigenvalue weighted by molar-refractivity contribution is 7.02. The predicted molar refractivity (Wildman–Crippen MR) is 87.0 cm³/mol. The van der Waals surface area contributed by atoms with Gasteiger partial charge in [-0.3, -0.25) is 4.79 Å². The number of para-hydroxylation sites is 1. The van der Waals surface area contributed by atoms with Gasteiger partial charge in [0.1, 0.15) is 12.3 Å². The van der Waals surface area contributed by atoms with Crippen LogP contribution in [0.3, 0.4) is 0 Å². The fourth-order valence-corrected chi connectivity index (χ4v) is 2.53. The number of Topliss-reactive ketones (excluding diaryl/α,β-unsaturated/α-hetero) is 1. The van der Waals surface area contributed by atoms with Crippen LogP contribution in [0.15, 0.2) is 59.6 Å². The molecule has 0 aliphatic carbocycles. The van der Waals surface area contributed by atoms with Crippen molar-refractivity contribution in [1.82, 2.24) is 14.4 Å². The number of ketones is 1. The molecular weight excluding hydrogens is 312 g/mol. The first-order chi connectivity index (χ1) is 11.3. The van der Waals surface area contributed by atoms with Crippen LogP contribution in [0.5, 0.6) is 5.75 Å². The lowest BCUT2D eigenvalue weighted by molar-refractivity contribution is 0.100. The lowest BCUT2D eigenvalue weighted by Gasteiger charge is -2.01. The summed E-state index contributed by atoms with van der Waals surface area (Å²) in [4.78, 5) is 17.1. The molecule has 6 nitrogen and oxygen atoms in total. The minimum atomic E-state index is -0.0688. The van der Waals surface area contributed by atoms with E-state index in [2.05, 4.69) is 14.7 Å². The largest absolute Gasteiger partial charge is 0.497 e. The standard InChI is InChI=1S/C16H14N4O2S/c1-22-14-9-7-12(8-10-14)15(21)11-17-16-20(18-19-23-16)13-5-3-2-4-6-13/h2-10H,11H2,1H3. The molecule has 3 rings (SSSR count). The quantitative estimate of drug-likeness (QED) is 0.674.